The van der Waals surface area contributed by atoms with Crippen LogP contribution in [0.3, 0.4) is 0 Å². The minimum absolute atomic E-state index is 0.0399. The first-order valence-corrected chi connectivity index (χ1v) is 11.1. The number of carbonyl (C=O) groups is 2. The molecule has 1 atom stereocenters. The van der Waals surface area contributed by atoms with Crippen molar-refractivity contribution in [1.82, 2.24) is 0 Å². The molecule has 0 bridgehead atoms. The van der Waals surface area contributed by atoms with Gasteiger partial charge in [-0.3, -0.25) is 4.79 Å². The van der Waals surface area contributed by atoms with Gasteiger partial charge in [0.2, 0.25) is 0 Å². The summed E-state index contributed by atoms with van der Waals surface area (Å²) in [7, 11) is 0. The van der Waals surface area contributed by atoms with Gasteiger partial charge < -0.3 is 4.74 Å². The van der Waals surface area contributed by atoms with Gasteiger partial charge in [0.15, 0.2) is 0 Å². The third-order valence-electron chi connectivity index (χ3n) is 2.83. The second kappa shape index (κ2) is 11.9. The van der Waals surface area contributed by atoms with E-state index < -0.39 is 14.2 Å². The van der Waals surface area contributed by atoms with E-state index in [4.69, 9.17) is 9.99 Å². The van der Waals surface area contributed by atoms with Crippen LogP contribution in [0.1, 0.15) is 40.5 Å². The molecule has 9 heteroatoms. The van der Waals surface area contributed by atoms with E-state index in [0.717, 1.165) is 6.42 Å². The van der Waals surface area contributed by atoms with E-state index in [-0.39, 0.29) is 16.2 Å². The van der Waals surface area contributed by atoms with Crippen LogP contribution in [0.25, 0.3) is 0 Å². The summed E-state index contributed by atoms with van der Waals surface area (Å²) in [5.74, 6) is 0.220. The predicted molar refractivity (Wildman–Crippen MR) is 93.5 cm³/mol. The zero-order valence-electron chi connectivity index (χ0n) is 14.9. The van der Waals surface area contributed by atoms with Crippen LogP contribution in [-0.4, -0.2) is 42.0 Å². The molecular formula is C16H26AsNO7. The van der Waals surface area contributed by atoms with Crippen molar-refractivity contribution >= 4 is 36.1 Å². The second-order valence-corrected chi connectivity index (χ2v) is 9.18. The first-order valence-electron chi connectivity index (χ1n) is 7.82. The van der Waals surface area contributed by atoms with Crippen LogP contribution in [0.5, 0.6) is 0 Å². The summed E-state index contributed by atoms with van der Waals surface area (Å²) in [6.45, 7) is 7.83. The predicted octanol–water partition coefficient (Wildman–Crippen LogP) is 1.69. The fourth-order valence-electron chi connectivity index (χ4n) is 1.65. The standard InChI is InChI=1S/C8H10AsNO5.C8H16O2/c1-6(11)10-8-4-2-3-7(5-8)9(12,13)15-14;1-4-10-8(9)6-5-7(2)3/h2-5,14H,1H3,(H,10,11)(H,12,13);7H,4-6H2,1-3H3. The molecule has 1 rings (SSSR count). The van der Waals surface area contributed by atoms with Crippen LogP contribution in [0.2, 0.25) is 0 Å². The Balaban J connectivity index is 0.000000504. The van der Waals surface area contributed by atoms with Gasteiger partial charge in [0.05, 0.1) is 6.61 Å². The maximum Gasteiger partial charge on any atom is 0.305 e. The van der Waals surface area contributed by atoms with Gasteiger partial charge in [-0.05, 0) is 19.3 Å². The molecule has 0 spiro atoms. The van der Waals surface area contributed by atoms with Crippen molar-refractivity contribution in [3.63, 3.8) is 0 Å². The Labute approximate surface area is 150 Å². The van der Waals surface area contributed by atoms with E-state index in [2.05, 4.69) is 23.0 Å². The molecule has 0 saturated carbocycles. The molecule has 1 amide bonds. The average molecular weight is 419 g/mol. The number of esters is 1. The maximum atomic E-state index is 11.3. The topological polar surface area (TPSA) is 122 Å². The van der Waals surface area contributed by atoms with Crippen molar-refractivity contribution in [2.24, 2.45) is 5.92 Å². The van der Waals surface area contributed by atoms with Crippen molar-refractivity contribution in [1.29, 1.82) is 0 Å². The number of carbonyl (C=O) groups excluding carboxylic acids is 2. The number of rotatable bonds is 7. The summed E-state index contributed by atoms with van der Waals surface area (Å²) in [5.41, 5.74) is 0.368. The molecule has 3 N–H and O–H groups in total. The molecule has 0 aromatic heterocycles. The van der Waals surface area contributed by atoms with Crippen molar-refractivity contribution < 1.29 is 31.3 Å². The molecule has 0 aliphatic heterocycles. The molecule has 0 saturated heterocycles. The summed E-state index contributed by atoms with van der Waals surface area (Å²) >= 11 is -4.83. The molecule has 1 aromatic carbocycles. The first-order chi connectivity index (χ1) is 11.6. The monoisotopic (exact) mass is 419 g/mol. The number of ether oxygens (including phenoxy) is 1. The first kappa shape index (κ1) is 23.4. The molecule has 1 unspecified atom stereocenters. The van der Waals surface area contributed by atoms with Crippen LogP contribution >= 0.6 is 0 Å². The number of benzene rings is 1. The maximum absolute atomic E-state index is 11.3. The summed E-state index contributed by atoms with van der Waals surface area (Å²) in [4.78, 5) is 21.5. The number of hydrogen-bond donors (Lipinski definition) is 3. The molecule has 25 heavy (non-hydrogen) atoms. The smallest absolute Gasteiger partial charge is 0.305 e. The third kappa shape index (κ3) is 10.8. The summed E-state index contributed by atoms with van der Waals surface area (Å²) in [6, 6.07) is 5.64. The van der Waals surface area contributed by atoms with Gasteiger partial charge in [0, 0.05) is 6.42 Å². The summed E-state index contributed by atoms with van der Waals surface area (Å²) in [6.07, 6.45) is 1.49. The minimum Gasteiger partial charge on any atom is -0.466 e. The molecule has 0 aliphatic rings. The van der Waals surface area contributed by atoms with Gasteiger partial charge >= 0.3 is 94.4 Å². The van der Waals surface area contributed by atoms with E-state index in [1.165, 1.54) is 25.1 Å². The summed E-state index contributed by atoms with van der Waals surface area (Å²) in [5, 5.41) is 10.7. The van der Waals surface area contributed by atoms with E-state index in [9.17, 15) is 17.4 Å². The molecular weight excluding hydrogens is 393 g/mol. The molecule has 0 heterocycles. The second-order valence-electron chi connectivity index (χ2n) is 5.57. The van der Waals surface area contributed by atoms with Gasteiger partial charge in [-0.2, -0.15) is 0 Å². The van der Waals surface area contributed by atoms with Gasteiger partial charge in [-0.25, -0.2) is 0 Å². The van der Waals surface area contributed by atoms with E-state index >= 15 is 0 Å². The molecule has 1 aromatic rings. The minimum atomic E-state index is -4.83. The van der Waals surface area contributed by atoms with Crippen LogP contribution in [0, 0.1) is 5.92 Å². The quantitative estimate of drug-likeness (QED) is 0.266. The molecule has 0 radical (unpaired) electrons. The largest absolute Gasteiger partial charge is 0.466 e. The molecule has 0 fully saturated rings. The Bertz CT molecular complexity index is 604. The van der Waals surface area contributed by atoms with Crippen LogP contribution in [0.4, 0.5) is 5.69 Å². The van der Waals surface area contributed by atoms with Gasteiger partial charge in [0.1, 0.15) is 0 Å². The van der Waals surface area contributed by atoms with E-state index in [1.54, 1.807) is 6.07 Å². The number of nitrogens with one attached hydrogen (secondary N) is 1. The van der Waals surface area contributed by atoms with Crippen LogP contribution < -0.4 is 9.67 Å². The number of amides is 1. The fourth-order valence-corrected chi connectivity index (χ4v) is 3.06. The zero-order chi connectivity index (χ0) is 19.5. The number of anilines is 1. The van der Waals surface area contributed by atoms with Crippen molar-refractivity contribution in [2.45, 2.75) is 40.5 Å². The Morgan fingerprint density at radius 2 is 1.96 bits per heavy atom. The van der Waals surface area contributed by atoms with Crippen molar-refractivity contribution in [2.75, 3.05) is 11.9 Å². The van der Waals surface area contributed by atoms with Gasteiger partial charge in [0.25, 0.3) is 0 Å². The number of hydrogen-bond acceptors (Lipinski definition) is 6. The zero-order valence-corrected chi connectivity index (χ0v) is 16.8. The normalized spacial score (nSPS) is 12.6. The fraction of sp³-hybridized carbons (Fsp3) is 0.500. The van der Waals surface area contributed by atoms with Crippen molar-refractivity contribution in [3.8, 4) is 0 Å². The summed E-state index contributed by atoms with van der Waals surface area (Å²) < 4.78 is 28.7. The Morgan fingerprint density at radius 3 is 2.44 bits per heavy atom. The van der Waals surface area contributed by atoms with E-state index in [1.807, 2.05) is 6.92 Å². The molecule has 142 valence electrons. The molecule has 0 aliphatic carbocycles. The van der Waals surface area contributed by atoms with Crippen LogP contribution in [-0.2, 0) is 21.9 Å². The Kier molecular flexibility index (Phi) is 11.1. The average Bonchev–Trinajstić information content (AvgIpc) is 2.53. The Morgan fingerprint density at radius 1 is 1.32 bits per heavy atom. The van der Waals surface area contributed by atoms with Gasteiger partial charge in [-0.15, -0.1) is 0 Å². The van der Waals surface area contributed by atoms with Crippen LogP contribution in [0.15, 0.2) is 24.3 Å². The van der Waals surface area contributed by atoms with E-state index in [0.29, 0.717) is 24.6 Å². The third-order valence-corrected chi connectivity index (χ3v) is 5.25. The van der Waals surface area contributed by atoms with Crippen molar-refractivity contribution in [3.05, 3.63) is 24.3 Å². The molecule has 8 nitrogen and oxygen atoms in total. The van der Waals surface area contributed by atoms with Gasteiger partial charge in [-0.1, -0.05) is 13.8 Å². The Hall–Kier alpha value is -1.60. The SMILES string of the molecule is CC(=O)Nc1cccc([As](=O)(O)OO)c1.CCOC(=O)CCC(C)C.